The fraction of sp³-hybridized carbons (Fsp3) is 0.692. The highest BCUT2D eigenvalue weighted by Gasteiger charge is 2.31. The summed E-state index contributed by atoms with van der Waals surface area (Å²) < 4.78 is 26.9. The molecule has 2 rings (SSSR count). The minimum atomic E-state index is -3.41. The van der Waals surface area contributed by atoms with Crippen LogP contribution in [0.1, 0.15) is 43.9 Å². The minimum absolute atomic E-state index is 0.101. The summed E-state index contributed by atoms with van der Waals surface area (Å²) in [5.41, 5.74) is 0. The zero-order valence-electron chi connectivity index (χ0n) is 11.2. The predicted molar refractivity (Wildman–Crippen MR) is 76.7 cm³/mol. The summed E-state index contributed by atoms with van der Waals surface area (Å²) in [5, 5.41) is 10.7. The smallest absolute Gasteiger partial charge is 0.244 e. The molecular weight excluding hydrogens is 282 g/mol. The van der Waals surface area contributed by atoms with E-state index in [2.05, 4.69) is 0 Å². The number of hydrogen-bond acceptors (Lipinski definition) is 4. The Hall–Kier alpha value is -0.430. The molecule has 108 valence electrons. The second-order valence-corrected chi connectivity index (χ2v) is 7.79. The van der Waals surface area contributed by atoms with Gasteiger partial charge in [0.15, 0.2) is 0 Å². The quantitative estimate of drug-likeness (QED) is 0.909. The summed E-state index contributed by atoms with van der Waals surface area (Å²) in [6.45, 7) is 2.30. The second kappa shape index (κ2) is 6.35. The molecule has 0 radical (unpaired) electrons. The molecule has 0 unspecified atom stereocenters. The lowest BCUT2D eigenvalue weighted by molar-refractivity contribution is 0.261. The molecule has 1 aliphatic carbocycles. The van der Waals surface area contributed by atoms with Crippen LogP contribution in [0.2, 0.25) is 0 Å². The van der Waals surface area contributed by atoms with Crippen LogP contribution in [0.25, 0.3) is 0 Å². The van der Waals surface area contributed by atoms with E-state index in [1.54, 1.807) is 15.8 Å². The van der Waals surface area contributed by atoms with Crippen molar-refractivity contribution >= 4 is 21.4 Å². The van der Waals surface area contributed by atoms with E-state index in [9.17, 15) is 8.42 Å². The van der Waals surface area contributed by atoms with Gasteiger partial charge in [-0.05, 0) is 18.9 Å². The van der Waals surface area contributed by atoms with Gasteiger partial charge in [0.2, 0.25) is 10.0 Å². The van der Waals surface area contributed by atoms with Crippen molar-refractivity contribution in [2.24, 2.45) is 0 Å². The van der Waals surface area contributed by atoms with E-state index in [1.807, 2.05) is 6.92 Å². The van der Waals surface area contributed by atoms with Crippen LogP contribution in [0.15, 0.2) is 16.3 Å². The number of rotatable bonds is 5. The normalized spacial score (nSPS) is 18.1. The van der Waals surface area contributed by atoms with Crippen molar-refractivity contribution in [3.63, 3.8) is 0 Å². The van der Waals surface area contributed by atoms with Gasteiger partial charge in [0, 0.05) is 22.8 Å². The number of aliphatic hydroxyl groups excluding tert-OH is 1. The van der Waals surface area contributed by atoms with Crippen molar-refractivity contribution in [2.75, 3.05) is 6.54 Å². The summed E-state index contributed by atoms with van der Waals surface area (Å²) in [6, 6.07) is 1.73. The molecule has 0 atom stereocenters. The molecule has 4 nitrogen and oxygen atoms in total. The van der Waals surface area contributed by atoms with Gasteiger partial charge in [-0.25, -0.2) is 8.42 Å². The van der Waals surface area contributed by atoms with Crippen LogP contribution in [-0.2, 0) is 16.6 Å². The van der Waals surface area contributed by atoms with E-state index in [0.717, 1.165) is 25.7 Å². The number of nitrogens with zero attached hydrogens (tertiary/aromatic N) is 1. The lowest BCUT2D eigenvalue weighted by atomic mass is 9.95. The van der Waals surface area contributed by atoms with E-state index >= 15 is 0 Å². The fourth-order valence-electron chi connectivity index (χ4n) is 2.71. The van der Waals surface area contributed by atoms with Crippen LogP contribution in [0.5, 0.6) is 0 Å². The first kappa shape index (κ1) is 15.0. The third-order valence-corrected chi connectivity index (χ3v) is 6.76. The molecule has 1 aliphatic rings. The van der Waals surface area contributed by atoms with E-state index in [4.69, 9.17) is 5.11 Å². The Morgan fingerprint density at radius 1 is 1.37 bits per heavy atom. The first-order chi connectivity index (χ1) is 9.09. The van der Waals surface area contributed by atoms with Crippen molar-refractivity contribution in [1.29, 1.82) is 0 Å². The van der Waals surface area contributed by atoms with Crippen LogP contribution < -0.4 is 0 Å². The van der Waals surface area contributed by atoms with Crippen LogP contribution in [0.3, 0.4) is 0 Å². The van der Waals surface area contributed by atoms with Gasteiger partial charge < -0.3 is 5.11 Å². The van der Waals surface area contributed by atoms with Gasteiger partial charge in [-0.1, -0.05) is 26.2 Å². The molecule has 0 aromatic carbocycles. The molecular formula is C13H21NO3S2. The third-order valence-electron chi connectivity index (χ3n) is 3.69. The zero-order valence-corrected chi connectivity index (χ0v) is 12.8. The van der Waals surface area contributed by atoms with E-state index in [0.29, 0.717) is 16.3 Å². The second-order valence-electron chi connectivity index (χ2n) is 4.91. The van der Waals surface area contributed by atoms with Crippen LogP contribution in [-0.4, -0.2) is 30.4 Å². The highest BCUT2D eigenvalue weighted by atomic mass is 32.2. The molecule has 1 heterocycles. The summed E-state index contributed by atoms with van der Waals surface area (Å²) in [5.74, 6) is 0. The lowest BCUT2D eigenvalue weighted by Gasteiger charge is -2.32. The highest BCUT2D eigenvalue weighted by molar-refractivity contribution is 7.89. The molecule has 0 spiro atoms. The Morgan fingerprint density at radius 3 is 2.58 bits per heavy atom. The minimum Gasteiger partial charge on any atom is -0.391 e. The molecule has 6 heteroatoms. The SMILES string of the molecule is CCN(C1CCCCC1)S(=O)(=O)c1csc(CO)c1. The number of thiophene rings is 1. The summed E-state index contributed by atoms with van der Waals surface area (Å²) in [7, 11) is -3.41. The van der Waals surface area contributed by atoms with Gasteiger partial charge in [0.1, 0.15) is 0 Å². The Balaban J connectivity index is 2.24. The standard InChI is InChI=1S/C13H21NO3S2/c1-2-14(11-6-4-3-5-7-11)19(16,17)13-8-12(9-15)18-10-13/h8,10-11,15H,2-7,9H2,1H3. The fourth-order valence-corrected chi connectivity index (χ4v) is 5.52. The van der Waals surface area contributed by atoms with Crippen molar-refractivity contribution in [2.45, 2.75) is 56.6 Å². The Labute approximate surface area is 119 Å². The van der Waals surface area contributed by atoms with Crippen LogP contribution >= 0.6 is 11.3 Å². The molecule has 1 aromatic rings. The number of aliphatic hydroxyl groups is 1. The first-order valence-corrected chi connectivity index (χ1v) is 9.11. The van der Waals surface area contributed by atoms with Gasteiger partial charge in [-0.2, -0.15) is 4.31 Å². The predicted octanol–water partition coefficient (Wildman–Crippen LogP) is 2.58. The Kier molecular flexibility index (Phi) is 5.00. The Morgan fingerprint density at radius 2 is 2.05 bits per heavy atom. The maximum atomic E-state index is 12.6. The Bertz CT molecular complexity index is 504. The molecule has 1 N–H and O–H groups in total. The van der Waals surface area contributed by atoms with Crippen molar-refractivity contribution in [1.82, 2.24) is 4.31 Å². The third kappa shape index (κ3) is 3.18. The molecule has 19 heavy (non-hydrogen) atoms. The molecule has 0 aliphatic heterocycles. The van der Waals surface area contributed by atoms with Gasteiger partial charge >= 0.3 is 0 Å². The zero-order chi connectivity index (χ0) is 13.9. The monoisotopic (exact) mass is 303 g/mol. The molecule has 1 saturated carbocycles. The van der Waals surface area contributed by atoms with Crippen molar-refractivity contribution < 1.29 is 13.5 Å². The largest absolute Gasteiger partial charge is 0.391 e. The number of hydrogen-bond donors (Lipinski definition) is 1. The van der Waals surface area contributed by atoms with Gasteiger partial charge in [-0.3, -0.25) is 0 Å². The first-order valence-electron chi connectivity index (χ1n) is 6.79. The maximum Gasteiger partial charge on any atom is 0.244 e. The molecule has 1 aromatic heterocycles. The molecule has 0 bridgehead atoms. The maximum absolute atomic E-state index is 12.6. The van der Waals surface area contributed by atoms with Crippen LogP contribution in [0.4, 0.5) is 0 Å². The van der Waals surface area contributed by atoms with Crippen LogP contribution in [0, 0.1) is 0 Å². The summed E-state index contributed by atoms with van der Waals surface area (Å²) in [6.07, 6.45) is 5.36. The van der Waals surface area contributed by atoms with Gasteiger partial charge in [0.25, 0.3) is 0 Å². The topological polar surface area (TPSA) is 57.6 Å². The van der Waals surface area contributed by atoms with Crippen molar-refractivity contribution in [3.05, 3.63) is 16.3 Å². The van der Waals surface area contributed by atoms with Gasteiger partial charge in [0.05, 0.1) is 11.5 Å². The highest BCUT2D eigenvalue weighted by Crippen LogP contribution is 2.29. The molecule has 1 fully saturated rings. The average Bonchev–Trinajstić information content (AvgIpc) is 2.90. The lowest BCUT2D eigenvalue weighted by Crippen LogP contribution is -2.41. The number of sulfonamides is 1. The van der Waals surface area contributed by atoms with E-state index in [1.165, 1.54) is 17.8 Å². The van der Waals surface area contributed by atoms with E-state index in [-0.39, 0.29) is 12.6 Å². The van der Waals surface area contributed by atoms with Crippen molar-refractivity contribution in [3.8, 4) is 0 Å². The summed E-state index contributed by atoms with van der Waals surface area (Å²) >= 11 is 1.30. The summed E-state index contributed by atoms with van der Waals surface area (Å²) in [4.78, 5) is 1.02. The molecule has 0 saturated heterocycles. The molecule has 0 amide bonds. The van der Waals surface area contributed by atoms with E-state index < -0.39 is 10.0 Å². The van der Waals surface area contributed by atoms with Gasteiger partial charge in [-0.15, -0.1) is 11.3 Å². The average molecular weight is 303 g/mol.